The molecule has 2 rings (SSSR count). The molecule has 0 radical (unpaired) electrons. The Hall–Kier alpha value is 0.840. The molecule has 1 aliphatic rings. The van der Waals surface area contributed by atoms with E-state index in [2.05, 4.69) is 86.1 Å². The van der Waals surface area contributed by atoms with Gasteiger partial charge >= 0.3 is 0 Å². The van der Waals surface area contributed by atoms with Gasteiger partial charge in [-0.15, -0.1) is 0 Å². The summed E-state index contributed by atoms with van der Waals surface area (Å²) in [5, 5.41) is 12.9. The van der Waals surface area contributed by atoms with Crippen LogP contribution in [0.1, 0.15) is 43.0 Å². The first-order valence-corrected chi connectivity index (χ1v) is 10.2. The standard InChI is InChI=1S/C15H18I3NO2/c1-9-2-4-15(8-20,5-3-9)19-14(21)11-6-10(16)7-12(17)13(11)18/h6-7,9,20H,2-5,8H2,1H3,(H,19,21). The minimum absolute atomic E-state index is 0.0169. The van der Waals surface area contributed by atoms with Gasteiger partial charge in [-0.3, -0.25) is 4.79 Å². The molecule has 21 heavy (non-hydrogen) atoms. The second-order valence-electron chi connectivity index (χ2n) is 5.82. The predicted molar refractivity (Wildman–Crippen MR) is 110 cm³/mol. The largest absolute Gasteiger partial charge is 0.394 e. The van der Waals surface area contributed by atoms with E-state index < -0.39 is 5.54 Å². The van der Waals surface area contributed by atoms with Gasteiger partial charge in [-0.05, 0) is 112 Å². The Morgan fingerprint density at radius 3 is 2.52 bits per heavy atom. The van der Waals surface area contributed by atoms with Crippen molar-refractivity contribution < 1.29 is 9.90 Å². The van der Waals surface area contributed by atoms with Crippen LogP contribution in [0.5, 0.6) is 0 Å². The van der Waals surface area contributed by atoms with Crippen molar-refractivity contribution in [2.45, 2.75) is 38.1 Å². The van der Waals surface area contributed by atoms with Crippen molar-refractivity contribution in [2.24, 2.45) is 5.92 Å². The number of benzene rings is 1. The van der Waals surface area contributed by atoms with Crippen molar-refractivity contribution in [3.05, 3.63) is 28.4 Å². The number of aliphatic hydroxyl groups excluding tert-OH is 1. The van der Waals surface area contributed by atoms with E-state index in [0.29, 0.717) is 11.5 Å². The zero-order chi connectivity index (χ0) is 15.6. The number of hydrogen-bond donors (Lipinski definition) is 2. The molecular formula is C15H18I3NO2. The van der Waals surface area contributed by atoms with Gasteiger partial charge in [-0.25, -0.2) is 0 Å². The Morgan fingerprint density at radius 2 is 1.95 bits per heavy atom. The summed E-state index contributed by atoms with van der Waals surface area (Å²) >= 11 is 6.70. The summed E-state index contributed by atoms with van der Waals surface area (Å²) < 4.78 is 3.11. The van der Waals surface area contributed by atoms with E-state index in [0.717, 1.165) is 36.4 Å². The maximum atomic E-state index is 12.7. The van der Waals surface area contributed by atoms with E-state index in [1.54, 1.807) is 0 Å². The number of rotatable bonds is 3. The van der Waals surface area contributed by atoms with Crippen LogP contribution in [0.15, 0.2) is 12.1 Å². The number of nitrogens with one attached hydrogen (secondary N) is 1. The number of carbonyl (C=O) groups is 1. The second kappa shape index (κ2) is 7.61. The van der Waals surface area contributed by atoms with Crippen LogP contribution >= 0.6 is 67.8 Å². The van der Waals surface area contributed by atoms with Gasteiger partial charge in [0, 0.05) is 10.7 Å². The van der Waals surface area contributed by atoms with Gasteiger partial charge in [0.2, 0.25) is 0 Å². The third-order valence-electron chi connectivity index (χ3n) is 4.15. The van der Waals surface area contributed by atoms with Crippen molar-refractivity contribution in [3.8, 4) is 0 Å². The molecule has 3 nitrogen and oxygen atoms in total. The van der Waals surface area contributed by atoms with Crippen molar-refractivity contribution in [3.63, 3.8) is 0 Å². The molecule has 1 aromatic rings. The topological polar surface area (TPSA) is 49.3 Å². The normalized spacial score (nSPS) is 25.7. The summed E-state index contributed by atoms with van der Waals surface area (Å²) in [5.74, 6) is 0.611. The lowest BCUT2D eigenvalue weighted by Crippen LogP contribution is -2.53. The van der Waals surface area contributed by atoms with Gasteiger partial charge < -0.3 is 10.4 Å². The average molecular weight is 625 g/mol. The van der Waals surface area contributed by atoms with E-state index in [1.807, 2.05) is 6.07 Å². The Balaban J connectivity index is 2.21. The van der Waals surface area contributed by atoms with Crippen LogP contribution in [0, 0.1) is 16.6 Å². The lowest BCUT2D eigenvalue weighted by Gasteiger charge is -2.38. The van der Waals surface area contributed by atoms with Gasteiger partial charge in [-0.1, -0.05) is 6.92 Å². The summed E-state index contributed by atoms with van der Waals surface area (Å²) in [4.78, 5) is 12.7. The summed E-state index contributed by atoms with van der Waals surface area (Å²) in [6.45, 7) is 2.25. The molecule has 116 valence electrons. The SMILES string of the molecule is CC1CCC(CO)(NC(=O)c2cc(I)cc(I)c2I)CC1. The van der Waals surface area contributed by atoms with Crippen molar-refractivity contribution in [1.29, 1.82) is 0 Å². The fraction of sp³-hybridized carbons (Fsp3) is 0.533. The van der Waals surface area contributed by atoms with E-state index in [9.17, 15) is 9.90 Å². The van der Waals surface area contributed by atoms with Gasteiger partial charge in [0.05, 0.1) is 17.7 Å². The summed E-state index contributed by atoms with van der Waals surface area (Å²) in [7, 11) is 0. The van der Waals surface area contributed by atoms with Crippen LogP contribution in [-0.4, -0.2) is 23.2 Å². The van der Waals surface area contributed by atoms with Gasteiger partial charge in [-0.2, -0.15) is 0 Å². The molecule has 0 heterocycles. The lowest BCUT2D eigenvalue weighted by atomic mass is 9.77. The molecule has 2 N–H and O–H groups in total. The molecule has 1 aromatic carbocycles. The van der Waals surface area contributed by atoms with Gasteiger partial charge in [0.25, 0.3) is 5.91 Å². The molecular weight excluding hydrogens is 607 g/mol. The molecule has 0 bridgehead atoms. The average Bonchev–Trinajstić information content (AvgIpc) is 2.45. The Kier molecular flexibility index (Phi) is 6.59. The number of carbonyl (C=O) groups excluding carboxylic acids is 1. The number of hydrogen-bond acceptors (Lipinski definition) is 2. The van der Waals surface area contributed by atoms with E-state index in [4.69, 9.17) is 0 Å². The highest BCUT2D eigenvalue weighted by atomic mass is 127. The van der Waals surface area contributed by atoms with Crippen LogP contribution < -0.4 is 5.32 Å². The van der Waals surface area contributed by atoms with Crippen LogP contribution in [0.2, 0.25) is 0 Å². The summed E-state index contributed by atoms with van der Waals surface area (Å²) in [6.07, 6.45) is 3.82. The molecule has 0 unspecified atom stereocenters. The molecule has 1 amide bonds. The first-order chi connectivity index (χ1) is 9.87. The second-order valence-corrected chi connectivity index (χ2v) is 9.31. The Labute approximate surface area is 166 Å². The highest BCUT2D eigenvalue weighted by Crippen LogP contribution is 2.32. The maximum absolute atomic E-state index is 12.7. The molecule has 0 aromatic heterocycles. The fourth-order valence-corrected chi connectivity index (χ4v) is 5.07. The number of amides is 1. The highest BCUT2D eigenvalue weighted by Gasteiger charge is 2.35. The van der Waals surface area contributed by atoms with Crippen LogP contribution in [0.4, 0.5) is 0 Å². The predicted octanol–water partition coefficient (Wildman–Crippen LogP) is 4.17. The molecule has 1 saturated carbocycles. The van der Waals surface area contributed by atoms with Crippen LogP contribution in [-0.2, 0) is 0 Å². The molecule has 0 spiro atoms. The molecule has 0 atom stereocenters. The first-order valence-electron chi connectivity index (χ1n) is 6.95. The quantitative estimate of drug-likeness (QED) is 0.392. The zero-order valence-electron chi connectivity index (χ0n) is 11.8. The third kappa shape index (κ3) is 4.43. The molecule has 0 saturated heterocycles. The Bertz CT molecular complexity index is 540. The van der Waals surface area contributed by atoms with Gasteiger partial charge in [0.1, 0.15) is 0 Å². The first kappa shape index (κ1) is 18.2. The lowest BCUT2D eigenvalue weighted by molar-refractivity contribution is 0.0716. The number of aliphatic hydroxyl groups is 1. The molecule has 1 aliphatic carbocycles. The Morgan fingerprint density at radius 1 is 1.33 bits per heavy atom. The van der Waals surface area contributed by atoms with Gasteiger partial charge in [0.15, 0.2) is 0 Å². The number of halogens is 3. The molecule has 1 fully saturated rings. The summed E-state index contributed by atoms with van der Waals surface area (Å²) in [5.41, 5.74) is 0.262. The smallest absolute Gasteiger partial charge is 0.252 e. The summed E-state index contributed by atoms with van der Waals surface area (Å²) in [6, 6.07) is 3.97. The van der Waals surface area contributed by atoms with E-state index in [-0.39, 0.29) is 12.5 Å². The van der Waals surface area contributed by atoms with Crippen LogP contribution in [0.25, 0.3) is 0 Å². The monoisotopic (exact) mass is 625 g/mol. The zero-order valence-corrected chi connectivity index (χ0v) is 18.2. The van der Waals surface area contributed by atoms with E-state index in [1.165, 1.54) is 0 Å². The minimum Gasteiger partial charge on any atom is -0.394 e. The molecule has 0 aliphatic heterocycles. The van der Waals surface area contributed by atoms with Crippen molar-refractivity contribution >= 4 is 73.7 Å². The highest BCUT2D eigenvalue weighted by molar-refractivity contribution is 14.1. The molecule has 6 heteroatoms. The third-order valence-corrected chi connectivity index (χ3v) is 7.82. The minimum atomic E-state index is -0.445. The van der Waals surface area contributed by atoms with Crippen molar-refractivity contribution in [1.82, 2.24) is 5.32 Å². The van der Waals surface area contributed by atoms with Crippen LogP contribution in [0.3, 0.4) is 0 Å². The fourth-order valence-electron chi connectivity index (χ4n) is 2.67. The maximum Gasteiger partial charge on any atom is 0.252 e. The van der Waals surface area contributed by atoms with Crippen molar-refractivity contribution in [2.75, 3.05) is 6.61 Å². The van der Waals surface area contributed by atoms with E-state index >= 15 is 0 Å².